The van der Waals surface area contributed by atoms with Gasteiger partial charge in [0.1, 0.15) is 17.3 Å². The maximum absolute atomic E-state index is 16.7. The Balaban J connectivity index is 0.927. The van der Waals surface area contributed by atoms with E-state index in [9.17, 15) is 24.3 Å². The summed E-state index contributed by atoms with van der Waals surface area (Å²) in [7, 11) is 1.66. The summed E-state index contributed by atoms with van der Waals surface area (Å²) in [6.45, 7) is 0.463. The number of aromatic nitrogens is 2. The average Bonchev–Trinajstić information content (AvgIpc) is 3.85. The maximum atomic E-state index is 16.7. The first-order valence-corrected chi connectivity index (χ1v) is 24.5. The largest absolute Gasteiger partial charge is 0.478 e. The van der Waals surface area contributed by atoms with Crippen LogP contribution in [0.1, 0.15) is 129 Å². The zero-order valence-corrected chi connectivity index (χ0v) is 39.7. The predicted molar refractivity (Wildman–Crippen MR) is 262 cm³/mol. The number of amides is 4. The van der Waals surface area contributed by atoms with Crippen molar-refractivity contribution in [2.45, 2.75) is 119 Å². The summed E-state index contributed by atoms with van der Waals surface area (Å²) in [4.78, 5) is 81.7. The number of imidazole rings is 1. The van der Waals surface area contributed by atoms with Gasteiger partial charge >= 0.3 is 11.7 Å². The number of benzene rings is 4. The number of hydrogen-bond donors (Lipinski definition) is 4. The maximum Gasteiger partial charge on any atom is 0.335 e. The van der Waals surface area contributed by atoms with Crippen LogP contribution in [0.3, 0.4) is 0 Å². The highest BCUT2D eigenvalue weighted by atomic mass is 35.5. The molecule has 4 heterocycles. The van der Waals surface area contributed by atoms with Gasteiger partial charge in [0.05, 0.1) is 27.7 Å². The number of halogens is 3. The number of carbonyl (C=O) groups excluding carboxylic acids is 4. The Morgan fingerprint density at radius 1 is 0.870 bits per heavy atom. The van der Waals surface area contributed by atoms with Gasteiger partial charge in [-0.2, -0.15) is 0 Å². The number of carbonyl (C=O) groups is 5. The SMILES string of the molecule is Cn1c(=O)n(C2CCC(=O)NC2=O)c2ccc(C#CCCCCCCCCN3[C@@H](C(=O)Nc4ccc(C(=O)O)cc4)C(c4cccc(Cl)c4F)[C@]4(C(=O)Nc5cc(Cl)ccc54)C34CCCCC4)cc21. The number of hydrogen-bond acceptors (Lipinski definition) is 7. The molecule has 0 bridgehead atoms. The molecule has 5 aromatic rings. The van der Waals surface area contributed by atoms with Gasteiger partial charge in [-0.3, -0.25) is 38.5 Å². The molecule has 4 N–H and O–H groups in total. The van der Waals surface area contributed by atoms with E-state index >= 15 is 14.0 Å². The van der Waals surface area contributed by atoms with Crippen molar-refractivity contribution in [3.8, 4) is 11.8 Å². The summed E-state index contributed by atoms with van der Waals surface area (Å²) in [5.41, 5.74) is 1.21. The Hall–Kier alpha value is -6.27. The summed E-state index contributed by atoms with van der Waals surface area (Å²) in [5.74, 6) is 2.13. The van der Waals surface area contributed by atoms with E-state index in [2.05, 4.69) is 32.7 Å². The number of nitrogens with one attached hydrogen (secondary N) is 3. The topological polar surface area (TPSA) is 172 Å². The zero-order chi connectivity index (χ0) is 48.6. The summed E-state index contributed by atoms with van der Waals surface area (Å²) in [6.07, 6.45) is 10.2. The number of fused-ring (bicyclic) bond motifs is 4. The number of carboxylic acids is 1. The van der Waals surface area contributed by atoms with Gasteiger partial charge in [-0.15, -0.1) is 0 Å². The lowest BCUT2D eigenvalue weighted by Crippen LogP contribution is -2.61. The van der Waals surface area contributed by atoms with E-state index in [4.69, 9.17) is 23.2 Å². The molecule has 4 amide bonds. The molecule has 16 heteroatoms. The van der Waals surface area contributed by atoms with Crippen molar-refractivity contribution in [1.29, 1.82) is 0 Å². The number of aromatic carboxylic acids is 1. The fraction of sp³-hybridized carbons (Fsp3) is 0.396. The van der Waals surface area contributed by atoms with E-state index in [-0.39, 0.29) is 46.5 Å². The molecule has 1 aliphatic carbocycles. The number of anilines is 2. The van der Waals surface area contributed by atoms with E-state index in [1.165, 1.54) is 39.5 Å². The smallest absolute Gasteiger partial charge is 0.335 e. The average molecular weight is 976 g/mol. The molecule has 9 rings (SSSR count). The molecule has 0 radical (unpaired) electrons. The van der Waals surface area contributed by atoms with Crippen LogP contribution in [0, 0.1) is 17.7 Å². The molecule has 4 atom stereocenters. The third-order valence-electron chi connectivity index (χ3n) is 14.9. The van der Waals surface area contributed by atoms with Gasteiger partial charge in [-0.25, -0.2) is 14.0 Å². The van der Waals surface area contributed by atoms with Crippen LogP contribution in [-0.4, -0.2) is 66.9 Å². The van der Waals surface area contributed by atoms with Crippen LogP contribution in [0.15, 0.2) is 83.7 Å². The molecule has 358 valence electrons. The minimum atomic E-state index is -1.40. The number of unbranched alkanes of at least 4 members (excludes halogenated alkanes) is 6. The number of aryl methyl sites for hydroxylation is 1. The normalized spacial score (nSPS) is 21.8. The summed E-state index contributed by atoms with van der Waals surface area (Å²) < 4.78 is 19.7. The molecular formula is C53H53Cl2FN6O7. The van der Waals surface area contributed by atoms with Crippen LogP contribution < -0.4 is 21.6 Å². The second-order valence-corrected chi connectivity index (χ2v) is 19.6. The van der Waals surface area contributed by atoms with Gasteiger partial charge in [-0.05, 0) is 110 Å². The molecule has 13 nitrogen and oxygen atoms in total. The second-order valence-electron chi connectivity index (χ2n) is 18.7. The van der Waals surface area contributed by atoms with Crippen molar-refractivity contribution < 1.29 is 33.5 Å². The molecule has 1 saturated carbocycles. The lowest BCUT2D eigenvalue weighted by molar-refractivity contribution is -0.135. The zero-order valence-electron chi connectivity index (χ0n) is 38.2. The van der Waals surface area contributed by atoms with E-state index in [1.807, 2.05) is 18.2 Å². The number of piperidine rings is 1. The van der Waals surface area contributed by atoms with E-state index in [0.717, 1.165) is 56.9 Å². The van der Waals surface area contributed by atoms with Crippen molar-refractivity contribution in [3.05, 3.63) is 127 Å². The van der Waals surface area contributed by atoms with Crippen LogP contribution >= 0.6 is 23.2 Å². The van der Waals surface area contributed by atoms with Crippen molar-refractivity contribution >= 4 is 75.2 Å². The molecule has 2 spiro atoms. The van der Waals surface area contributed by atoms with Gasteiger partial charge < -0.3 is 15.7 Å². The Bertz CT molecular complexity index is 3010. The first-order chi connectivity index (χ1) is 33.3. The molecule has 4 aromatic carbocycles. The van der Waals surface area contributed by atoms with Crippen LogP contribution in [0.2, 0.25) is 10.0 Å². The second kappa shape index (κ2) is 19.6. The fourth-order valence-electron chi connectivity index (χ4n) is 11.9. The molecule has 3 aliphatic heterocycles. The highest BCUT2D eigenvalue weighted by Gasteiger charge is 2.75. The van der Waals surface area contributed by atoms with Crippen molar-refractivity contribution in [2.24, 2.45) is 7.05 Å². The third kappa shape index (κ3) is 8.52. The van der Waals surface area contributed by atoms with Gasteiger partial charge in [0, 0.05) is 53.3 Å². The van der Waals surface area contributed by atoms with E-state index in [0.29, 0.717) is 65.2 Å². The van der Waals surface area contributed by atoms with Crippen molar-refractivity contribution in [2.75, 3.05) is 17.2 Å². The van der Waals surface area contributed by atoms with Gasteiger partial charge in [0.15, 0.2) is 0 Å². The molecule has 69 heavy (non-hydrogen) atoms. The molecule has 2 saturated heterocycles. The summed E-state index contributed by atoms with van der Waals surface area (Å²) in [6, 6.07) is 19.6. The van der Waals surface area contributed by atoms with Gasteiger partial charge in [-0.1, -0.05) is 98.2 Å². The number of likely N-dealkylation sites (tertiary alicyclic amines) is 1. The minimum absolute atomic E-state index is 0.0610. The Labute approximate surface area is 408 Å². The molecule has 3 fully saturated rings. The molecular weight excluding hydrogens is 923 g/mol. The fourth-order valence-corrected chi connectivity index (χ4v) is 12.2. The van der Waals surface area contributed by atoms with Crippen LogP contribution in [-0.2, 0) is 31.6 Å². The Morgan fingerprint density at radius 2 is 1.61 bits per heavy atom. The molecule has 2 unspecified atom stereocenters. The number of carboxylic acid groups (broad SMARTS) is 1. The van der Waals surface area contributed by atoms with Gasteiger partial charge in [0.2, 0.25) is 23.6 Å². The lowest BCUT2D eigenvalue weighted by atomic mass is 9.55. The van der Waals surface area contributed by atoms with Crippen LogP contribution in [0.25, 0.3) is 11.0 Å². The highest BCUT2D eigenvalue weighted by molar-refractivity contribution is 6.31. The minimum Gasteiger partial charge on any atom is -0.478 e. The Kier molecular flexibility index (Phi) is 13.6. The van der Waals surface area contributed by atoms with Crippen molar-refractivity contribution in [3.63, 3.8) is 0 Å². The standard InChI is InChI=1S/C53H53Cl2FN6O7/c1-60-42-30-32(17-24-40(42)62(51(60)69)41-25-26-43(63)59-47(41)64)14-9-6-4-2-3-5-7-12-29-61-46(48(65)57-35-21-18-33(19-22-35)49(66)67)44(36-15-13-16-38(55)45(36)56)53(52(61)27-10-8-11-28-52)37-23-20-34(54)31-39(37)58-50(53)68/h13,15-24,30-31,41,44,46H,2-8,10-12,25-29H2,1H3,(H,57,65)(H,58,68)(H,66,67)(H,59,63,64)/t41?,44?,46-,53-/m1/s1. The number of imide groups is 1. The molecule has 1 aromatic heterocycles. The summed E-state index contributed by atoms with van der Waals surface area (Å²) in [5, 5.41) is 18.4. The van der Waals surface area contributed by atoms with Gasteiger partial charge in [0.25, 0.3) is 0 Å². The highest BCUT2D eigenvalue weighted by Crippen LogP contribution is 2.66. The van der Waals surface area contributed by atoms with E-state index in [1.54, 1.807) is 37.4 Å². The quantitative estimate of drug-likeness (QED) is 0.0514. The third-order valence-corrected chi connectivity index (χ3v) is 15.4. The van der Waals surface area contributed by atoms with Crippen LogP contribution in [0.4, 0.5) is 15.8 Å². The Morgan fingerprint density at radius 3 is 2.35 bits per heavy atom. The number of nitrogens with zero attached hydrogens (tertiary/aromatic N) is 3. The lowest BCUT2D eigenvalue weighted by Gasteiger charge is -2.51. The molecule has 4 aliphatic rings. The first kappa shape index (κ1) is 47.8. The number of rotatable bonds is 13. The first-order valence-electron chi connectivity index (χ1n) is 23.8. The summed E-state index contributed by atoms with van der Waals surface area (Å²) >= 11 is 13.0. The van der Waals surface area contributed by atoms with E-state index < -0.39 is 52.6 Å². The van der Waals surface area contributed by atoms with Crippen LogP contribution in [0.5, 0.6) is 0 Å². The predicted octanol–water partition coefficient (Wildman–Crippen LogP) is 9.24. The monoisotopic (exact) mass is 974 g/mol. The van der Waals surface area contributed by atoms with Crippen molar-refractivity contribution in [1.82, 2.24) is 19.4 Å².